The van der Waals surface area contributed by atoms with Crippen LogP contribution < -0.4 is 25.1 Å². The van der Waals surface area contributed by atoms with Crippen molar-refractivity contribution in [1.29, 1.82) is 0 Å². The number of aryl methyl sites for hydroxylation is 1. The molecule has 6 nitrogen and oxygen atoms in total. The van der Waals surface area contributed by atoms with E-state index < -0.39 is 0 Å². The fraction of sp³-hybridized carbons (Fsp3) is 0.190. The number of ether oxygens (including phenoxy) is 3. The molecule has 0 aliphatic rings. The predicted octanol–water partition coefficient (Wildman–Crippen LogP) is 3.92. The maximum Gasteiger partial charge on any atom is 0.256 e. The molecule has 1 heterocycles. The third-order valence-corrected chi connectivity index (χ3v) is 4.27. The molecular weight excluding hydrogens is 344 g/mol. The highest BCUT2D eigenvalue weighted by molar-refractivity contribution is 5.64. The Labute approximate surface area is 157 Å². The van der Waals surface area contributed by atoms with Crippen molar-refractivity contribution in [2.24, 2.45) is 0 Å². The normalized spacial score (nSPS) is 10.4. The van der Waals surface area contributed by atoms with Crippen LogP contribution in [0.3, 0.4) is 0 Å². The summed E-state index contributed by atoms with van der Waals surface area (Å²) in [4.78, 5) is 12.7. The van der Waals surface area contributed by atoms with Gasteiger partial charge in [0.25, 0.3) is 5.56 Å². The fourth-order valence-electron chi connectivity index (χ4n) is 2.90. The SMILES string of the molecule is COc1cc(-n2c(Nc3ccccc3C)cccc2=O)cc(OC)c1OC. The Balaban J connectivity index is 2.18. The summed E-state index contributed by atoms with van der Waals surface area (Å²) in [7, 11) is 4.63. The lowest BCUT2D eigenvalue weighted by Crippen LogP contribution is -2.20. The van der Waals surface area contributed by atoms with Crippen LogP contribution in [0.1, 0.15) is 5.56 Å². The maximum atomic E-state index is 12.7. The number of benzene rings is 2. The molecule has 1 N–H and O–H groups in total. The summed E-state index contributed by atoms with van der Waals surface area (Å²) in [6.45, 7) is 2.01. The molecule has 140 valence electrons. The van der Waals surface area contributed by atoms with Crippen LogP contribution in [-0.2, 0) is 0 Å². The largest absolute Gasteiger partial charge is 0.493 e. The molecule has 3 rings (SSSR count). The van der Waals surface area contributed by atoms with Crippen LogP contribution >= 0.6 is 0 Å². The lowest BCUT2D eigenvalue weighted by molar-refractivity contribution is 0.324. The monoisotopic (exact) mass is 366 g/mol. The smallest absolute Gasteiger partial charge is 0.256 e. The van der Waals surface area contributed by atoms with Gasteiger partial charge in [-0.1, -0.05) is 24.3 Å². The summed E-state index contributed by atoms with van der Waals surface area (Å²) < 4.78 is 17.8. The zero-order valence-electron chi connectivity index (χ0n) is 15.8. The number of aromatic nitrogens is 1. The Bertz CT molecular complexity index is 986. The lowest BCUT2D eigenvalue weighted by atomic mass is 10.2. The van der Waals surface area contributed by atoms with Gasteiger partial charge in [0.05, 0.1) is 27.0 Å². The maximum absolute atomic E-state index is 12.7. The second kappa shape index (κ2) is 7.86. The molecule has 0 aliphatic heterocycles. The molecule has 6 heteroatoms. The first-order chi connectivity index (χ1) is 13.1. The van der Waals surface area contributed by atoms with Crippen molar-refractivity contribution >= 4 is 11.5 Å². The van der Waals surface area contributed by atoms with Gasteiger partial charge in [0.1, 0.15) is 5.82 Å². The van der Waals surface area contributed by atoms with Gasteiger partial charge in [-0.25, -0.2) is 0 Å². The molecule has 0 unspecified atom stereocenters. The molecular formula is C21H22N2O4. The van der Waals surface area contributed by atoms with E-state index in [0.717, 1.165) is 11.3 Å². The average Bonchev–Trinajstić information content (AvgIpc) is 2.68. The Kier molecular flexibility index (Phi) is 5.35. The number of hydrogen-bond acceptors (Lipinski definition) is 5. The second-order valence-electron chi connectivity index (χ2n) is 5.91. The molecule has 0 radical (unpaired) electrons. The molecule has 0 aliphatic carbocycles. The number of methoxy groups -OCH3 is 3. The van der Waals surface area contributed by atoms with E-state index in [1.807, 2.05) is 37.3 Å². The van der Waals surface area contributed by atoms with E-state index in [-0.39, 0.29) is 5.56 Å². The third kappa shape index (κ3) is 3.60. The minimum atomic E-state index is -0.178. The van der Waals surface area contributed by atoms with E-state index in [1.54, 1.807) is 44.1 Å². The average molecular weight is 366 g/mol. The van der Waals surface area contributed by atoms with Gasteiger partial charge in [0.15, 0.2) is 11.5 Å². The number of pyridine rings is 1. The van der Waals surface area contributed by atoms with Crippen LogP contribution in [0.4, 0.5) is 11.5 Å². The van der Waals surface area contributed by atoms with Gasteiger partial charge in [-0.05, 0) is 24.6 Å². The molecule has 27 heavy (non-hydrogen) atoms. The van der Waals surface area contributed by atoms with Crippen molar-refractivity contribution in [1.82, 2.24) is 4.57 Å². The van der Waals surface area contributed by atoms with Crippen LogP contribution in [0.25, 0.3) is 5.69 Å². The number of anilines is 2. The van der Waals surface area contributed by atoms with Crippen LogP contribution in [0.15, 0.2) is 59.4 Å². The molecule has 0 atom stereocenters. The molecule has 0 saturated carbocycles. The highest BCUT2D eigenvalue weighted by Gasteiger charge is 2.16. The Morgan fingerprint density at radius 3 is 2.11 bits per heavy atom. The Morgan fingerprint density at radius 1 is 0.852 bits per heavy atom. The van der Waals surface area contributed by atoms with Gasteiger partial charge in [-0.2, -0.15) is 0 Å². The summed E-state index contributed by atoms with van der Waals surface area (Å²) in [5.41, 5.74) is 2.42. The standard InChI is InChI=1S/C21H22N2O4/c1-14-8-5-6-9-16(14)22-19-10-7-11-20(24)23(19)15-12-17(25-2)21(27-4)18(13-15)26-3/h5-13,22H,1-4H3. The van der Waals surface area contributed by atoms with E-state index in [2.05, 4.69) is 5.32 Å². The van der Waals surface area contributed by atoms with Gasteiger partial charge in [-0.15, -0.1) is 0 Å². The summed E-state index contributed by atoms with van der Waals surface area (Å²) in [6, 6.07) is 16.4. The van der Waals surface area contributed by atoms with Gasteiger partial charge in [-0.3, -0.25) is 9.36 Å². The molecule has 2 aromatic carbocycles. The number of rotatable bonds is 6. The Hall–Kier alpha value is -3.41. The van der Waals surface area contributed by atoms with Crippen molar-refractivity contribution < 1.29 is 14.2 Å². The van der Waals surface area contributed by atoms with Crippen LogP contribution in [0, 0.1) is 6.92 Å². The number of nitrogens with one attached hydrogen (secondary N) is 1. The highest BCUT2D eigenvalue weighted by atomic mass is 16.5. The van der Waals surface area contributed by atoms with Crippen molar-refractivity contribution in [3.05, 3.63) is 70.5 Å². The molecule has 0 amide bonds. The Morgan fingerprint density at radius 2 is 1.52 bits per heavy atom. The number of para-hydroxylation sites is 1. The molecule has 0 fully saturated rings. The summed E-state index contributed by atoms with van der Waals surface area (Å²) in [6.07, 6.45) is 0. The quantitative estimate of drug-likeness (QED) is 0.717. The number of nitrogens with zero attached hydrogens (tertiary/aromatic N) is 1. The van der Waals surface area contributed by atoms with E-state index in [4.69, 9.17) is 14.2 Å². The van der Waals surface area contributed by atoms with Gasteiger partial charge >= 0.3 is 0 Å². The van der Waals surface area contributed by atoms with Crippen LogP contribution in [0.2, 0.25) is 0 Å². The molecule has 1 aromatic heterocycles. The van der Waals surface area contributed by atoms with E-state index >= 15 is 0 Å². The molecule has 0 spiro atoms. The van der Waals surface area contributed by atoms with E-state index in [1.165, 1.54) is 6.07 Å². The molecule has 0 bridgehead atoms. The first-order valence-electron chi connectivity index (χ1n) is 8.44. The van der Waals surface area contributed by atoms with Crippen LogP contribution in [0.5, 0.6) is 17.2 Å². The topological polar surface area (TPSA) is 61.7 Å². The minimum Gasteiger partial charge on any atom is -0.493 e. The van der Waals surface area contributed by atoms with Gasteiger partial charge in [0.2, 0.25) is 5.75 Å². The lowest BCUT2D eigenvalue weighted by Gasteiger charge is -2.18. The minimum absolute atomic E-state index is 0.178. The van der Waals surface area contributed by atoms with Crippen molar-refractivity contribution in [3.63, 3.8) is 0 Å². The first-order valence-corrected chi connectivity index (χ1v) is 8.44. The summed E-state index contributed by atoms with van der Waals surface area (Å²) in [5.74, 6) is 2.06. The zero-order chi connectivity index (χ0) is 19.4. The summed E-state index contributed by atoms with van der Waals surface area (Å²) >= 11 is 0. The van der Waals surface area contributed by atoms with Crippen LogP contribution in [-0.4, -0.2) is 25.9 Å². The van der Waals surface area contributed by atoms with Crippen molar-refractivity contribution in [2.45, 2.75) is 6.92 Å². The molecule has 0 saturated heterocycles. The predicted molar refractivity (Wildman–Crippen MR) is 106 cm³/mol. The van der Waals surface area contributed by atoms with Crippen molar-refractivity contribution in [3.8, 4) is 22.9 Å². The van der Waals surface area contributed by atoms with Gasteiger partial charge in [0, 0.05) is 23.9 Å². The summed E-state index contributed by atoms with van der Waals surface area (Å²) in [5, 5.41) is 3.33. The molecule has 3 aromatic rings. The zero-order valence-corrected chi connectivity index (χ0v) is 15.8. The third-order valence-electron chi connectivity index (χ3n) is 4.27. The fourth-order valence-corrected chi connectivity index (χ4v) is 2.90. The van der Waals surface area contributed by atoms with E-state index in [9.17, 15) is 4.79 Å². The highest BCUT2D eigenvalue weighted by Crippen LogP contribution is 2.39. The number of hydrogen-bond donors (Lipinski definition) is 1. The van der Waals surface area contributed by atoms with Crippen molar-refractivity contribution in [2.75, 3.05) is 26.6 Å². The van der Waals surface area contributed by atoms with E-state index in [0.29, 0.717) is 28.8 Å². The first kappa shape index (κ1) is 18.4. The van der Waals surface area contributed by atoms with Gasteiger partial charge < -0.3 is 19.5 Å². The second-order valence-corrected chi connectivity index (χ2v) is 5.91.